The number of benzene rings is 2. The highest BCUT2D eigenvalue weighted by Gasteiger charge is 2.44. The molecule has 0 saturated carbocycles. The third kappa shape index (κ3) is 1.99. The fourth-order valence-corrected chi connectivity index (χ4v) is 3.14. The van der Waals surface area contributed by atoms with Crippen LogP contribution in [-0.2, 0) is 0 Å². The molecule has 0 fully saturated rings. The van der Waals surface area contributed by atoms with Gasteiger partial charge in [-0.3, -0.25) is 14.5 Å². The number of aromatic nitrogens is 2. The molecule has 2 aromatic carbocycles. The number of fused-ring (bicyclic) bond motifs is 2. The number of carbonyl (C=O) groups excluding carboxylic acids is 2. The molecule has 1 aliphatic rings. The van der Waals surface area contributed by atoms with Crippen molar-refractivity contribution in [2.45, 2.75) is 13.0 Å². The first-order valence-electron chi connectivity index (χ1n) is 7.63. The molecule has 1 atom stereocenters. The van der Waals surface area contributed by atoms with Gasteiger partial charge in [-0.05, 0) is 12.5 Å². The molecule has 0 bridgehead atoms. The Kier molecular flexibility index (Phi) is 3.18. The third-order valence-corrected chi connectivity index (χ3v) is 4.41. The molecular weight excluding hydrogens is 322 g/mol. The van der Waals surface area contributed by atoms with Crippen molar-refractivity contribution in [2.24, 2.45) is 0 Å². The van der Waals surface area contributed by atoms with E-state index >= 15 is 0 Å². The minimum Gasteiger partial charge on any atom is -0.505 e. The summed E-state index contributed by atoms with van der Waals surface area (Å²) >= 11 is 0. The van der Waals surface area contributed by atoms with E-state index in [2.05, 4.69) is 9.97 Å². The lowest BCUT2D eigenvalue weighted by atomic mass is 10.1. The highest BCUT2D eigenvalue weighted by atomic mass is 16.3. The number of phenolic OH excluding ortho intramolecular Hbond substituents is 2. The quantitative estimate of drug-likeness (QED) is 0.550. The van der Waals surface area contributed by atoms with Crippen molar-refractivity contribution in [1.82, 2.24) is 14.9 Å². The van der Waals surface area contributed by atoms with Crippen molar-refractivity contribution in [3.05, 3.63) is 59.4 Å². The predicted octanol–water partition coefficient (Wildman–Crippen LogP) is 2.40. The molecule has 0 saturated heterocycles. The van der Waals surface area contributed by atoms with Crippen molar-refractivity contribution in [3.63, 3.8) is 0 Å². The van der Waals surface area contributed by atoms with Crippen LogP contribution in [0.15, 0.2) is 42.7 Å². The van der Waals surface area contributed by atoms with Gasteiger partial charge in [0.2, 0.25) is 0 Å². The van der Waals surface area contributed by atoms with Gasteiger partial charge in [-0.25, -0.2) is 9.97 Å². The highest BCUT2D eigenvalue weighted by Crippen LogP contribution is 2.44. The van der Waals surface area contributed by atoms with Crippen LogP contribution in [0.2, 0.25) is 0 Å². The fourth-order valence-electron chi connectivity index (χ4n) is 3.14. The molecule has 0 aliphatic carbocycles. The molecule has 0 radical (unpaired) electrons. The Balaban J connectivity index is 1.92. The summed E-state index contributed by atoms with van der Waals surface area (Å²) in [4.78, 5) is 34.6. The van der Waals surface area contributed by atoms with E-state index in [0.29, 0.717) is 0 Å². The lowest BCUT2D eigenvalue weighted by molar-refractivity contribution is 0.0594. The Bertz CT molecular complexity index is 973. The number of carbonyl (C=O) groups is 2. The molecule has 25 heavy (non-hydrogen) atoms. The summed E-state index contributed by atoms with van der Waals surface area (Å²) in [6.45, 7) is 1.71. The minimum absolute atomic E-state index is 0.0193. The van der Waals surface area contributed by atoms with Crippen molar-refractivity contribution < 1.29 is 19.8 Å². The highest BCUT2D eigenvalue weighted by molar-refractivity contribution is 6.26. The van der Waals surface area contributed by atoms with E-state index in [4.69, 9.17) is 0 Å². The van der Waals surface area contributed by atoms with E-state index in [0.717, 1.165) is 10.5 Å². The molecule has 2 amide bonds. The second-order valence-electron chi connectivity index (χ2n) is 5.77. The number of imide groups is 1. The number of phenols is 2. The molecule has 7 nitrogen and oxygen atoms in total. The Labute approximate surface area is 142 Å². The van der Waals surface area contributed by atoms with Crippen LogP contribution in [0, 0.1) is 0 Å². The maximum Gasteiger partial charge on any atom is 0.266 e. The van der Waals surface area contributed by atoms with Gasteiger partial charge < -0.3 is 10.2 Å². The van der Waals surface area contributed by atoms with E-state index in [9.17, 15) is 19.8 Å². The zero-order valence-corrected chi connectivity index (χ0v) is 13.2. The molecular formula is C18H13N3O4. The van der Waals surface area contributed by atoms with Gasteiger partial charge in [0.15, 0.2) is 11.5 Å². The molecule has 3 aromatic rings. The molecule has 1 aromatic heterocycles. The smallest absolute Gasteiger partial charge is 0.266 e. The first-order valence-corrected chi connectivity index (χ1v) is 7.63. The van der Waals surface area contributed by atoms with Gasteiger partial charge in [-0.2, -0.15) is 0 Å². The minimum atomic E-state index is -0.670. The first kappa shape index (κ1) is 15.1. The van der Waals surface area contributed by atoms with Gasteiger partial charge >= 0.3 is 0 Å². The largest absolute Gasteiger partial charge is 0.505 e. The van der Waals surface area contributed by atoms with Crippen LogP contribution in [-0.4, -0.2) is 36.9 Å². The van der Waals surface area contributed by atoms with E-state index in [1.165, 1.54) is 12.4 Å². The summed E-state index contributed by atoms with van der Waals surface area (Å²) in [5.41, 5.74) is 0.247. The van der Waals surface area contributed by atoms with Gasteiger partial charge in [0.25, 0.3) is 11.8 Å². The molecule has 0 spiro atoms. The van der Waals surface area contributed by atoms with Gasteiger partial charge in [0.1, 0.15) is 22.2 Å². The van der Waals surface area contributed by atoms with Crippen molar-refractivity contribution in [2.75, 3.05) is 0 Å². The van der Waals surface area contributed by atoms with E-state index in [-0.39, 0.29) is 22.2 Å². The van der Waals surface area contributed by atoms with Crippen molar-refractivity contribution >= 4 is 22.8 Å². The standard InChI is InChI=1S/C18H13N3O4/c1-9(10-5-3-2-4-6-10)21-17(24)11-12(18(21)25)16(23)14-13(15(11)22)19-7-8-20-14/h2-9,22-23H,1H3. The van der Waals surface area contributed by atoms with Crippen LogP contribution in [0.25, 0.3) is 11.0 Å². The number of aromatic hydroxyl groups is 2. The molecule has 4 rings (SSSR count). The fraction of sp³-hybridized carbons (Fsp3) is 0.111. The number of nitrogens with zero attached hydrogens (tertiary/aromatic N) is 3. The second kappa shape index (κ2) is 5.27. The van der Waals surface area contributed by atoms with Crippen LogP contribution < -0.4 is 0 Å². The molecule has 7 heteroatoms. The van der Waals surface area contributed by atoms with Crippen LogP contribution in [0.4, 0.5) is 0 Å². The summed E-state index contributed by atoms with van der Waals surface area (Å²) in [6, 6.07) is 8.49. The Morgan fingerprint density at radius 2 is 1.36 bits per heavy atom. The third-order valence-electron chi connectivity index (χ3n) is 4.41. The normalized spacial score (nSPS) is 14.8. The number of rotatable bonds is 2. The zero-order chi connectivity index (χ0) is 17.7. The Hall–Kier alpha value is -3.48. The van der Waals surface area contributed by atoms with Crippen molar-refractivity contribution in [3.8, 4) is 11.5 Å². The molecule has 1 unspecified atom stereocenters. The van der Waals surface area contributed by atoms with E-state index in [1.54, 1.807) is 31.2 Å². The SMILES string of the molecule is CC(c1ccccc1)N1C(=O)c2c(c(O)c3nccnc3c2O)C1=O. The summed E-state index contributed by atoms with van der Waals surface area (Å²) in [6.07, 6.45) is 2.67. The molecule has 2 heterocycles. The van der Waals surface area contributed by atoms with E-state index < -0.39 is 29.4 Å². The summed E-state index contributed by atoms with van der Waals surface area (Å²) < 4.78 is 0. The monoisotopic (exact) mass is 335 g/mol. The summed E-state index contributed by atoms with van der Waals surface area (Å²) in [5.74, 6) is -2.23. The molecule has 1 aliphatic heterocycles. The topological polar surface area (TPSA) is 104 Å². The number of hydrogen-bond donors (Lipinski definition) is 2. The molecule has 124 valence electrons. The van der Waals surface area contributed by atoms with Gasteiger partial charge in [0, 0.05) is 12.4 Å². The molecule has 2 N–H and O–H groups in total. The van der Waals surface area contributed by atoms with Crippen LogP contribution in [0.3, 0.4) is 0 Å². The average Bonchev–Trinajstić information content (AvgIpc) is 2.91. The second-order valence-corrected chi connectivity index (χ2v) is 5.77. The first-order chi connectivity index (χ1) is 12.0. The maximum atomic E-state index is 12.8. The number of amides is 2. The summed E-state index contributed by atoms with van der Waals surface area (Å²) in [5, 5.41) is 20.9. The van der Waals surface area contributed by atoms with Crippen molar-refractivity contribution in [1.29, 1.82) is 0 Å². The zero-order valence-electron chi connectivity index (χ0n) is 13.2. The maximum absolute atomic E-state index is 12.8. The number of hydrogen-bond acceptors (Lipinski definition) is 6. The average molecular weight is 335 g/mol. The van der Waals surface area contributed by atoms with Crippen LogP contribution in [0.5, 0.6) is 11.5 Å². The van der Waals surface area contributed by atoms with Crippen LogP contribution >= 0.6 is 0 Å². The Morgan fingerprint density at radius 3 is 1.84 bits per heavy atom. The van der Waals surface area contributed by atoms with Gasteiger partial charge in [0.05, 0.1) is 6.04 Å². The van der Waals surface area contributed by atoms with Gasteiger partial charge in [-0.15, -0.1) is 0 Å². The Morgan fingerprint density at radius 1 is 0.880 bits per heavy atom. The lowest BCUT2D eigenvalue weighted by Crippen LogP contribution is -2.32. The summed E-state index contributed by atoms with van der Waals surface area (Å²) in [7, 11) is 0. The lowest BCUT2D eigenvalue weighted by Gasteiger charge is -2.22. The predicted molar refractivity (Wildman–Crippen MR) is 88.2 cm³/mol. The van der Waals surface area contributed by atoms with E-state index in [1.807, 2.05) is 6.07 Å². The van der Waals surface area contributed by atoms with Gasteiger partial charge in [-0.1, -0.05) is 30.3 Å². The van der Waals surface area contributed by atoms with Crippen LogP contribution in [0.1, 0.15) is 39.2 Å².